The highest BCUT2D eigenvalue weighted by Gasteiger charge is 2.35. The molecule has 0 atom stereocenters. The monoisotopic (exact) mass is 358 g/mol. The van der Waals surface area contributed by atoms with Crippen LogP contribution in [0.1, 0.15) is 36.1 Å². The molecule has 0 heteroatoms. The second kappa shape index (κ2) is 5.45. The summed E-state index contributed by atoms with van der Waals surface area (Å²) in [4.78, 5) is 0. The molecule has 0 amide bonds. The van der Waals surface area contributed by atoms with Crippen LogP contribution in [-0.4, -0.2) is 0 Å². The summed E-state index contributed by atoms with van der Waals surface area (Å²) in [6.45, 7) is 4.70. The van der Waals surface area contributed by atoms with E-state index in [2.05, 4.69) is 98.8 Å². The van der Waals surface area contributed by atoms with E-state index < -0.39 is 0 Å². The lowest BCUT2D eigenvalue weighted by Gasteiger charge is -2.22. The Hall–Kier alpha value is -3.12. The zero-order valence-corrected chi connectivity index (χ0v) is 16.3. The van der Waals surface area contributed by atoms with Gasteiger partial charge in [-0.25, -0.2) is 0 Å². The summed E-state index contributed by atoms with van der Waals surface area (Å²) in [7, 11) is 0. The first-order chi connectivity index (χ1) is 13.6. The number of benzene rings is 4. The average molecular weight is 358 g/mol. The van der Waals surface area contributed by atoms with Crippen molar-refractivity contribution in [2.45, 2.75) is 25.7 Å². The molecule has 0 radical (unpaired) electrons. The topological polar surface area (TPSA) is 0 Å². The largest absolute Gasteiger partial charge is 0.0619 e. The summed E-state index contributed by atoms with van der Waals surface area (Å²) >= 11 is 0. The fourth-order valence-corrected chi connectivity index (χ4v) is 5.21. The molecule has 0 fully saturated rings. The van der Waals surface area contributed by atoms with E-state index in [0.717, 1.165) is 6.42 Å². The molecule has 0 nitrogen and oxygen atoms in total. The fourth-order valence-electron chi connectivity index (χ4n) is 5.21. The van der Waals surface area contributed by atoms with Crippen LogP contribution in [0.15, 0.2) is 84.9 Å². The van der Waals surface area contributed by atoms with E-state index in [1.807, 2.05) is 0 Å². The van der Waals surface area contributed by atoms with E-state index >= 15 is 0 Å². The quantitative estimate of drug-likeness (QED) is 0.296. The molecule has 0 bridgehead atoms. The highest BCUT2D eigenvalue weighted by Crippen LogP contribution is 2.49. The molecule has 0 saturated carbocycles. The molecule has 0 aliphatic heterocycles. The van der Waals surface area contributed by atoms with E-state index in [4.69, 9.17) is 0 Å². The fraction of sp³-hybridized carbons (Fsp3) is 0.143. The molecule has 28 heavy (non-hydrogen) atoms. The van der Waals surface area contributed by atoms with E-state index in [-0.39, 0.29) is 5.41 Å². The van der Waals surface area contributed by atoms with Crippen molar-refractivity contribution in [1.82, 2.24) is 0 Å². The van der Waals surface area contributed by atoms with E-state index in [1.54, 1.807) is 0 Å². The van der Waals surface area contributed by atoms with Crippen LogP contribution in [0.3, 0.4) is 0 Å². The lowest BCUT2D eigenvalue weighted by atomic mass is 9.81. The molecule has 0 aromatic heterocycles. The molecule has 4 aromatic rings. The Morgan fingerprint density at radius 1 is 0.536 bits per heavy atom. The van der Waals surface area contributed by atoms with Crippen molar-refractivity contribution < 1.29 is 0 Å². The molecule has 0 heterocycles. The molecule has 4 aromatic carbocycles. The van der Waals surface area contributed by atoms with Crippen molar-refractivity contribution in [3.8, 4) is 33.4 Å². The minimum Gasteiger partial charge on any atom is -0.0619 e. The summed E-state index contributed by atoms with van der Waals surface area (Å²) in [6, 6.07) is 31.7. The van der Waals surface area contributed by atoms with E-state index in [9.17, 15) is 0 Å². The van der Waals surface area contributed by atoms with Crippen LogP contribution in [0.2, 0.25) is 0 Å². The predicted octanol–water partition coefficient (Wildman–Crippen LogP) is 7.23. The van der Waals surface area contributed by atoms with Crippen molar-refractivity contribution >= 4 is 0 Å². The smallest absolute Gasteiger partial charge is 0.0159 e. The molecule has 0 N–H and O–H groups in total. The molecule has 2 aliphatic carbocycles. The van der Waals surface area contributed by atoms with Gasteiger partial charge in [0.05, 0.1) is 0 Å². The van der Waals surface area contributed by atoms with E-state index in [1.165, 1.54) is 55.6 Å². The maximum atomic E-state index is 2.42. The average Bonchev–Trinajstić information content (AvgIpc) is 3.21. The van der Waals surface area contributed by atoms with Crippen LogP contribution >= 0.6 is 0 Å². The van der Waals surface area contributed by atoms with Crippen LogP contribution in [-0.2, 0) is 11.8 Å². The van der Waals surface area contributed by atoms with Gasteiger partial charge in [0.1, 0.15) is 0 Å². The van der Waals surface area contributed by atoms with Gasteiger partial charge in [0, 0.05) is 5.41 Å². The molecular formula is C28H22. The number of hydrogen-bond acceptors (Lipinski definition) is 0. The van der Waals surface area contributed by atoms with Crippen LogP contribution < -0.4 is 0 Å². The standard InChI is InChI=1S/C28H22/c1-28(2)26-10-6-5-9-24(26)25-14-12-19(17-27(25)28)18-11-13-23-21(15-18)16-20-7-3-4-8-22(20)23/h3-15,17H,16H2,1-2H3. The maximum absolute atomic E-state index is 2.42. The minimum atomic E-state index is 0.0505. The SMILES string of the molecule is CC1(C)c2ccccc2-c2ccc(-c3ccc4c(c3)Cc3ccccc3-4)cc21. The van der Waals surface area contributed by atoms with Gasteiger partial charge in [-0.2, -0.15) is 0 Å². The highest BCUT2D eigenvalue weighted by atomic mass is 14.4. The van der Waals surface area contributed by atoms with Gasteiger partial charge in [-0.15, -0.1) is 0 Å². The first kappa shape index (κ1) is 15.9. The number of rotatable bonds is 1. The Balaban J connectivity index is 1.47. The van der Waals surface area contributed by atoms with Gasteiger partial charge in [0.15, 0.2) is 0 Å². The number of fused-ring (bicyclic) bond motifs is 6. The van der Waals surface area contributed by atoms with Crippen molar-refractivity contribution in [2.24, 2.45) is 0 Å². The van der Waals surface area contributed by atoms with Crippen LogP contribution in [0.4, 0.5) is 0 Å². The summed E-state index contributed by atoms with van der Waals surface area (Å²) in [5, 5.41) is 0. The summed E-state index contributed by atoms with van der Waals surface area (Å²) in [5.74, 6) is 0. The third-order valence-corrected chi connectivity index (χ3v) is 6.71. The maximum Gasteiger partial charge on any atom is 0.0159 e. The first-order valence-corrected chi connectivity index (χ1v) is 10.1. The molecule has 0 spiro atoms. The summed E-state index contributed by atoms with van der Waals surface area (Å²) < 4.78 is 0. The second-order valence-electron chi connectivity index (χ2n) is 8.64. The first-order valence-electron chi connectivity index (χ1n) is 10.1. The Labute approximate surface area is 166 Å². The highest BCUT2D eigenvalue weighted by molar-refractivity contribution is 5.85. The van der Waals surface area contributed by atoms with Gasteiger partial charge in [0.25, 0.3) is 0 Å². The van der Waals surface area contributed by atoms with Crippen LogP contribution in [0, 0.1) is 0 Å². The van der Waals surface area contributed by atoms with Crippen molar-refractivity contribution in [3.63, 3.8) is 0 Å². The zero-order chi connectivity index (χ0) is 18.9. The third kappa shape index (κ3) is 2.06. The van der Waals surface area contributed by atoms with Crippen molar-refractivity contribution in [2.75, 3.05) is 0 Å². The lowest BCUT2D eigenvalue weighted by molar-refractivity contribution is 0.660. The Morgan fingerprint density at radius 3 is 2.00 bits per heavy atom. The van der Waals surface area contributed by atoms with Crippen LogP contribution in [0.5, 0.6) is 0 Å². The van der Waals surface area contributed by atoms with E-state index in [0.29, 0.717) is 0 Å². The van der Waals surface area contributed by atoms with Gasteiger partial charge in [-0.1, -0.05) is 92.7 Å². The molecule has 2 aliphatic rings. The molecule has 0 saturated heterocycles. The Morgan fingerprint density at radius 2 is 1.14 bits per heavy atom. The molecule has 0 unspecified atom stereocenters. The third-order valence-electron chi connectivity index (χ3n) is 6.71. The van der Waals surface area contributed by atoms with Gasteiger partial charge in [-0.05, 0) is 68.1 Å². The Kier molecular flexibility index (Phi) is 3.09. The predicted molar refractivity (Wildman–Crippen MR) is 118 cm³/mol. The number of hydrogen-bond donors (Lipinski definition) is 0. The van der Waals surface area contributed by atoms with Gasteiger partial charge >= 0.3 is 0 Å². The Bertz CT molecular complexity index is 1260. The van der Waals surface area contributed by atoms with Gasteiger partial charge in [-0.3, -0.25) is 0 Å². The van der Waals surface area contributed by atoms with Gasteiger partial charge in [0.2, 0.25) is 0 Å². The molecule has 6 rings (SSSR count). The zero-order valence-electron chi connectivity index (χ0n) is 16.3. The van der Waals surface area contributed by atoms with Gasteiger partial charge < -0.3 is 0 Å². The lowest BCUT2D eigenvalue weighted by Crippen LogP contribution is -2.14. The van der Waals surface area contributed by atoms with Crippen molar-refractivity contribution in [1.29, 1.82) is 0 Å². The molecule has 134 valence electrons. The minimum absolute atomic E-state index is 0.0505. The van der Waals surface area contributed by atoms with Crippen LogP contribution in [0.25, 0.3) is 33.4 Å². The van der Waals surface area contributed by atoms with Crippen molar-refractivity contribution in [3.05, 3.63) is 107 Å². The summed E-state index contributed by atoms with van der Waals surface area (Å²) in [5.41, 5.74) is 14.0. The molecular weight excluding hydrogens is 336 g/mol. The second-order valence-corrected chi connectivity index (χ2v) is 8.64. The summed E-state index contributed by atoms with van der Waals surface area (Å²) in [6.07, 6.45) is 1.04. The normalized spacial score (nSPS) is 14.9.